The maximum atomic E-state index is 13.2. The molecule has 182 valence electrons. The molecule has 1 fully saturated rings. The van der Waals surface area contributed by atoms with E-state index in [0.717, 1.165) is 11.1 Å². The SMILES string of the molecule is Cc1cc2c(cc1-c1cc([C@@H]3C[C@H]3C(=O)O)ccc1OC(F)(F)F)N(C(C)C)C(=O)CC2(C)C. The molecule has 0 spiro atoms. The van der Waals surface area contributed by atoms with Crippen molar-refractivity contribution in [2.24, 2.45) is 5.92 Å². The first kappa shape index (κ1) is 24.1. The summed E-state index contributed by atoms with van der Waals surface area (Å²) in [5.74, 6) is -2.10. The van der Waals surface area contributed by atoms with Gasteiger partial charge in [0.25, 0.3) is 0 Å². The van der Waals surface area contributed by atoms with Crippen LogP contribution in [0, 0.1) is 12.8 Å². The number of nitrogens with zero attached hydrogens (tertiary/aromatic N) is 1. The molecule has 1 amide bonds. The van der Waals surface area contributed by atoms with Crippen molar-refractivity contribution in [1.82, 2.24) is 0 Å². The number of alkyl halides is 3. The molecule has 5 nitrogen and oxygen atoms in total. The second-order valence-electron chi connectivity index (χ2n) is 10.2. The van der Waals surface area contributed by atoms with Gasteiger partial charge in [0.05, 0.1) is 5.92 Å². The van der Waals surface area contributed by atoms with E-state index in [0.29, 0.717) is 29.7 Å². The lowest BCUT2D eigenvalue weighted by Gasteiger charge is -2.41. The molecule has 0 unspecified atom stereocenters. The molecule has 4 rings (SSSR count). The first-order valence-electron chi connectivity index (χ1n) is 11.3. The average Bonchev–Trinajstić information content (AvgIpc) is 3.48. The van der Waals surface area contributed by atoms with Gasteiger partial charge in [0.1, 0.15) is 5.75 Å². The van der Waals surface area contributed by atoms with E-state index in [1.54, 1.807) is 17.0 Å². The van der Waals surface area contributed by atoms with Crippen LogP contribution in [0.2, 0.25) is 0 Å². The van der Waals surface area contributed by atoms with Crippen LogP contribution in [0.1, 0.15) is 63.1 Å². The number of aliphatic carboxylic acids is 1. The molecule has 34 heavy (non-hydrogen) atoms. The van der Waals surface area contributed by atoms with Crippen molar-refractivity contribution < 1.29 is 32.6 Å². The van der Waals surface area contributed by atoms with Crippen LogP contribution in [0.5, 0.6) is 5.75 Å². The molecular formula is C26H28F3NO4. The minimum Gasteiger partial charge on any atom is -0.481 e. The van der Waals surface area contributed by atoms with E-state index in [1.165, 1.54) is 12.1 Å². The van der Waals surface area contributed by atoms with Crippen LogP contribution in [0.3, 0.4) is 0 Å². The summed E-state index contributed by atoms with van der Waals surface area (Å²) in [5.41, 5.74) is 3.37. The lowest BCUT2D eigenvalue weighted by molar-refractivity contribution is -0.274. The smallest absolute Gasteiger partial charge is 0.481 e. The molecule has 8 heteroatoms. The van der Waals surface area contributed by atoms with Gasteiger partial charge in [-0.1, -0.05) is 26.0 Å². The molecule has 2 aromatic carbocycles. The van der Waals surface area contributed by atoms with Crippen LogP contribution < -0.4 is 9.64 Å². The van der Waals surface area contributed by atoms with E-state index in [9.17, 15) is 27.9 Å². The Hall–Kier alpha value is -3.03. The zero-order chi connectivity index (χ0) is 25.2. The maximum absolute atomic E-state index is 13.2. The van der Waals surface area contributed by atoms with Crippen molar-refractivity contribution in [2.45, 2.75) is 71.2 Å². The maximum Gasteiger partial charge on any atom is 0.573 e. The molecule has 2 aliphatic rings. The van der Waals surface area contributed by atoms with Crippen LogP contribution in [-0.2, 0) is 15.0 Å². The number of carbonyl (C=O) groups is 2. The van der Waals surface area contributed by atoms with Crippen LogP contribution in [0.4, 0.5) is 18.9 Å². The number of carboxylic acid groups (broad SMARTS) is 1. The Morgan fingerprint density at radius 1 is 1.18 bits per heavy atom. The van der Waals surface area contributed by atoms with Crippen molar-refractivity contribution in [3.05, 3.63) is 47.0 Å². The summed E-state index contributed by atoms with van der Waals surface area (Å²) < 4.78 is 44.0. The minimum atomic E-state index is -4.89. The van der Waals surface area contributed by atoms with E-state index < -0.39 is 23.7 Å². The zero-order valence-electron chi connectivity index (χ0n) is 19.8. The Morgan fingerprint density at radius 2 is 1.85 bits per heavy atom. The van der Waals surface area contributed by atoms with E-state index in [-0.39, 0.29) is 29.2 Å². The summed E-state index contributed by atoms with van der Waals surface area (Å²) in [6.45, 7) is 9.59. The quantitative estimate of drug-likeness (QED) is 0.562. The third-order valence-corrected chi connectivity index (χ3v) is 6.76. The molecule has 1 aliphatic heterocycles. The first-order valence-corrected chi connectivity index (χ1v) is 11.3. The number of fused-ring (bicyclic) bond motifs is 1. The van der Waals surface area contributed by atoms with Gasteiger partial charge in [-0.05, 0) is 73.6 Å². The standard InChI is InChI=1S/C26H28F3NO4/c1-13(2)30-21-11-16(14(3)8-20(21)25(4,5)12-23(30)31)18-9-15(17-10-19(17)24(32)33)6-7-22(18)34-26(27,28)29/h6-9,11,13,17,19H,10,12H2,1-5H3,(H,32,33)/t17-,19+/m0/s1. The Bertz CT molecular complexity index is 1170. The average molecular weight is 476 g/mol. The summed E-state index contributed by atoms with van der Waals surface area (Å²) in [7, 11) is 0. The van der Waals surface area contributed by atoms with Crippen molar-refractivity contribution >= 4 is 17.6 Å². The van der Waals surface area contributed by atoms with Crippen LogP contribution >= 0.6 is 0 Å². The van der Waals surface area contributed by atoms with Crippen molar-refractivity contribution in [2.75, 3.05) is 4.90 Å². The molecule has 0 bridgehead atoms. The highest BCUT2D eigenvalue weighted by molar-refractivity contribution is 5.99. The largest absolute Gasteiger partial charge is 0.573 e. The number of ether oxygens (including phenoxy) is 1. The number of halogens is 3. The van der Waals surface area contributed by atoms with Crippen molar-refractivity contribution in [1.29, 1.82) is 0 Å². The molecule has 0 saturated heterocycles. The van der Waals surface area contributed by atoms with E-state index >= 15 is 0 Å². The van der Waals surface area contributed by atoms with Gasteiger partial charge >= 0.3 is 12.3 Å². The second-order valence-corrected chi connectivity index (χ2v) is 10.2. The molecule has 1 N–H and O–H groups in total. The second kappa shape index (κ2) is 8.03. The molecule has 2 atom stereocenters. The lowest BCUT2D eigenvalue weighted by atomic mass is 9.75. The fraction of sp³-hybridized carbons (Fsp3) is 0.462. The highest BCUT2D eigenvalue weighted by Crippen LogP contribution is 2.51. The number of carboxylic acids is 1. The number of anilines is 1. The minimum absolute atomic E-state index is 0.0369. The van der Waals surface area contributed by atoms with Gasteiger partial charge in [-0.15, -0.1) is 13.2 Å². The third-order valence-electron chi connectivity index (χ3n) is 6.76. The molecule has 1 aliphatic carbocycles. The summed E-state index contributed by atoms with van der Waals surface area (Å²) >= 11 is 0. The molecule has 1 heterocycles. The number of hydrogen-bond donors (Lipinski definition) is 1. The van der Waals surface area contributed by atoms with Gasteiger partial charge in [-0.3, -0.25) is 9.59 Å². The fourth-order valence-corrected chi connectivity index (χ4v) is 5.03. The number of carbonyl (C=O) groups excluding carboxylic acids is 1. The monoisotopic (exact) mass is 475 g/mol. The molecule has 0 aromatic heterocycles. The van der Waals surface area contributed by atoms with Gasteiger partial charge in [0.2, 0.25) is 5.91 Å². The fourth-order valence-electron chi connectivity index (χ4n) is 5.03. The van der Waals surface area contributed by atoms with Gasteiger partial charge in [-0.2, -0.15) is 0 Å². The normalized spacial score (nSPS) is 21.4. The predicted molar refractivity (Wildman–Crippen MR) is 122 cm³/mol. The number of benzene rings is 2. The molecule has 2 aromatic rings. The van der Waals surface area contributed by atoms with Gasteiger partial charge in [0.15, 0.2) is 0 Å². The highest BCUT2D eigenvalue weighted by atomic mass is 19.4. The van der Waals surface area contributed by atoms with E-state index in [4.69, 9.17) is 0 Å². The van der Waals surface area contributed by atoms with E-state index in [1.807, 2.05) is 40.7 Å². The highest BCUT2D eigenvalue weighted by Gasteiger charge is 2.45. The van der Waals surface area contributed by atoms with Gasteiger partial charge in [0, 0.05) is 29.1 Å². The van der Waals surface area contributed by atoms with Crippen LogP contribution in [0.15, 0.2) is 30.3 Å². The van der Waals surface area contributed by atoms with Crippen LogP contribution in [-0.4, -0.2) is 29.4 Å². The number of aryl methyl sites for hydroxylation is 1. The Morgan fingerprint density at radius 3 is 2.41 bits per heavy atom. The Balaban J connectivity index is 1.91. The number of hydrogen-bond acceptors (Lipinski definition) is 3. The van der Waals surface area contributed by atoms with Crippen LogP contribution in [0.25, 0.3) is 11.1 Å². The summed E-state index contributed by atoms with van der Waals surface area (Å²) in [6, 6.07) is 7.93. The molecular weight excluding hydrogens is 447 g/mol. The molecule has 0 radical (unpaired) electrons. The number of amides is 1. The Labute approximate surface area is 196 Å². The summed E-state index contributed by atoms with van der Waals surface area (Å²) in [4.78, 5) is 26.0. The third kappa shape index (κ3) is 4.38. The van der Waals surface area contributed by atoms with Gasteiger partial charge in [-0.25, -0.2) is 0 Å². The molecule has 1 saturated carbocycles. The predicted octanol–water partition coefficient (Wildman–Crippen LogP) is 6.17. The Kier molecular flexibility index (Phi) is 5.69. The lowest BCUT2D eigenvalue weighted by Crippen LogP contribution is -2.45. The zero-order valence-corrected chi connectivity index (χ0v) is 19.8. The topological polar surface area (TPSA) is 66.8 Å². The first-order chi connectivity index (χ1) is 15.7. The van der Waals surface area contributed by atoms with E-state index in [2.05, 4.69) is 4.74 Å². The van der Waals surface area contributed by atoms with Crippen molar-refractivity contribution in [3.8, 4) is 16.9 Å². The van der Waals surface area contributed by atoms with Gasteiger partial charge < -0.3 is 14.7 Å². The number of rotatable bonds is 5. The summed E-state index contributed by atoms with van der Waals surface area (Å²) in [6.07, 6.45) is -4.10. The van der Waals surface area contributed by atoms with Crippen molar-refractivity contribution in [3.63, 3.8) is 0 Å². The summed E-state index contributed by atoms with van der Waals surface area (Å²) in [5, 5.41) is 9.30.